The lowest BCUT2D eigenvalue weighted by atomic mass is 10.1. The van der Waals surface area contributed by atoms with E-state index >= 15 is 0 Å². The number of benzene rings is 1. The van der Waals surface area contributed by atoms with E-state index in [1.165, 1.54) is 35.5 Å². The zero-order valence-corrected chi connectivity index (χ0v) is 17.1. The number of carbonyl (C=O) groups excluding carboxylic acids is 1. The van der Waals surface area contributed by atoms with E-state index in [0.717, 1.165) is 12.1 Å². The van der Waals surface area contributed by atoms with Crippen molar-refractivity contribution in [1.29, 1.82) is 5.26 Å². The molecular weight excluding hydrogens is 453 g/mol. The Labute approximate surface area is 189 Å². The van der Waals surface area contributed by atoms with Gasteiger partial charge in [-0.05, 0) is 28.9 Å². The quantitative estimate of drug-likeness (QED) is 0.430. The van der Waals surface area contributed by atoms with E-state index in [9.17, 15) is 18.0 Å². The van der Waals surface area contributed by atoms with E-state index in [2.05, 4.69) is 30.9 Å². The Bertz CT molecular complexity index is 1360. The molecular formula is C21H14F3N8O2+. The van der Waals surface area contributed by atoms with Crippen molar-refractivity contribution >= 4 is 17.6 Å². The van der Waals surface area contributed by atoms with E-state index in [-0.39, 0.29) is 23.8 Å². The molecule has 1 aromatic carbocycles. The van der Waals surface area contributed by atoms with Crippen LogP contribution in [0.2, 0.25) is 0 Å². The number of amides is 2. The van der Waals surface area contributed by atoms with Crippen molar-refractivity contribution in [3.63, 3.8) is 0 Å². The fraction of sp³-hybridized carbons (Fsp3) is 0.0952. The minimum atomic E-state index is -4.52. The van der Waals surface area contributed by atoms with Crippen LogP contribution in [0.5, 0.6) is 0 Å². The summed E-state index contributed by atoms with van der Waals surface area (Å²) in [6.45, 7) is 0.205. The minimum Gasteiger partial charge on any atom is -0.308 e. The standard InChI is InChI=1S/C21H13F3N8O2/c22-21(23,24)14-2-1-3-15(6-14)29-20(33)30-19-11-32(31-34-19)10-16-5-4-13(8-27-16)17-9-26-12-28-18(17)7-25/h1-6,8-9,11-12H,10H2,(H-,29,30,31,33)/p+1. The molecule has 0 atom stereocenters. The van der Waals surface area contributed by atoms with Crippen LogP contribution in [-0.2, 0) is 12.7 Å². The Morgan fingerprint density at radius 1 is 1.15 bits per heavy atom. The lowest BCUT2D eigenvalue weighted by Gasteiger charge is -2.09. The highest BCUT2D eigenvalue weighted by atomic mass is 19.4. The Morgan fingerprint density at radius 3 is 2.74 bits per heavy atom. The number of anilines is 2. The van der Waals surface area contributed by atoms with Crippen molar-refractivity contribution in [3.8, 4) is 17.2 Å². The van der Waals surface area contributed by atoms with Crippen molar-refractivity contribution in [1.82, 2.24) is 20.2 Å². The molecule has 0 saturated heterocycles. The predicted octanol–water partition coefficient (Wildman–Crippen LogP) is 3.40. The highest BCUT2D eigenvalue weighted by Crippen LogP contribution is 2.30. The van der Waals surface area contributed by atoms with E-state index < -0.39 is 17.8 Å². The normalized spacial score (nSPS) is 11.0. The summed E-state index contributed by atoms with van der Waals surface area (Å²) in [7, 11) is 0. The van der Waals surface area contributed by atoms with Crippen molar-refractivity contribution in [2.75, 3.05) is 10.6 Å². The van der Waals surface area contributed by atoms with Gasteiger partial charge in [0.1, 0.15) is 18.1 Å². The number of urea groups is 1. The molecule has 0 bridgehead atoms. The van der Waals surface area contributed by atoms with Crippen LogP contribution in [0.25, 0.3) is 11.1 Å². The number of nitriles is 1. The van der Waals surface area contributed by atoms with Crippen molar-refractivity contribution in [3.05, 3.63) is 78.3 Å². The molecule has 0 aliphatic carbocycles. The van der Waals surface area contributed by atoms with Crippen LogP contribution < -0.4 is 15.3 Å². The first kappa shape index (κ1) is 22.3. The van der Waals surface area contributed by atoms with E-state index in [4.69, 9.17) is 9.78 Å². The maximum atomic E-state index is 12.8. The third-order valence-corrected chi connectivity index (χ3v) is 4.47. The van der Waals surface area contributed by atoms with Gasteiger partial charge in [0.05, 0.1) is 5.56 Å². The maximum absolute atomic E-state index is 12.8. The third kappa shape index (κ3) is 5.30. The van der Waals surface area contributed by atoms with Crippen molar-refractivity contribution in [2.24, 2.45) is 0 Å². The zero-order chi connectivity index (χ0) is 24.1. The maximum Gasteiger partial charge on any atom is 0.416 e. The molecule has 0 fully saturated rings. The summed E-state index contributed by atoms with van der Waals surface area (Å²) in [5, 5.41) is 17.6. The number of hydrogen-bond donors (Lipinski definition) is 2. The molecule has 34 heavy (non-hydrogen) atoms. The minimum absolute atomic E-state index is 0.0267. The number of rotatable bonds is 5. The van der Waals surface area contributed by atoms with Crippen LogP contribution in [0.4, 0.5) is 29.5 Å². The first-order valence-corrected chi connectivity index (χ1v) is 9.59. The number of nitrogens with one attached hydrogen (secondary N) is 2. The lowest BCUT2D eigenvalue weighted by molar-refractivity contribution is -0.755. The highest BCUT2D eigenvalue weighted by Gasteiger charge is 2.30. The van der Waals surface area contributed by atoms with Crippen LogP contribution in [0.3, 0.4) is 0 Å². The topological polar surface area (TPSA) is 134 Å². The number of alkyl halides is 3. The van der Waals surface area contributed by atoms with Gasteiger partial charge in [0.2, 0.25) is 11.8 Å². The highest BCUT2D eigenvalue weighted by molar-refractivity contribution is 5.98. The molecule has 13 heteroatoms. The Morgan fingerprint density at radius 2 is 2.00 bits per heavy atom. The summed E-state index contributed by atoms with van der Waals surface area (Å²) in [6.07, 6.45) is 1.24. The predicted molar refractivity (Wildman–Crippen MR) is 110 cm³/mol. The van der Waals surface area contributed by atoms with E-state index in [1.807, 2.05) is 6.07 Å². The van der Waals surface area contributed by atoms with Crippen LogP contribution in [0.1, 0.15) is 17.0 Å². The van der Waals surface area contributed by atoms with Crippen LogP contribution in [0, 0.1) is 11.3 Å². The van der Waals surface area contributed by atoms with Gasteiger partial charge in [-0.25, -0.2) is 14.8 Å². The fourth-order valence-corrected chi connectivity index (χ4v) is 2.93. The van der Waals surface area contributed by atoms with Gasteiger partial charge in [-0.3, -0.25) is 14.8 Å². The molecule has 2 amide bonds. The first-order chi connectivity index (χ1) is 16.3. The van der Waals surface area contributed by atoms with Gasteiger partial charge in [0.15, 0.2) is 5.69 Å². The van der Waals surface area contributed by atoms with Crippen LogP contribution in [-0.4, -0.2) is 26.3 Å². The largest absolute Gasteiger partial charge is 0.416 e. The van der Waals surface area contributed by atoms with Gasteiger partial charge < -0.3 is 5.32 Å². The zero-order valence-electron chi connectivity index (χ0n) is 17.1. The summed E-state index contributed by atoms with van der Waals surface area (Å²) < 4.78 is 44.8. The Hall–Kier alpha value is -4.86. The summed E-state index contributed by atoms with van der Waals surface area (Å²) in [6, 6.07) is 8.90. The number of hydrogen-bond acceptors (Lipinski definition) is 7. The van der Waals surface area contributed by atoms with Gasteiger partial charge in [0.25, 0.3) is 6.20 Å². The van der Waals surface area contributed by atoms with Gasteiger partial charge in [0, 0.05) is 29.2 Å². The molecule has 0 unspecified atom stereocenters. The molecule has 3 aromatic heterocycles. The molecule has 0 aliphatic heterocycles. The lowest BCUT2D eigenvalue weighted by Crippen LogP contribution is -2.35. The Balaban J connectivity index is 1.37. The summed E-state index contributed by atoms with van der Waals surface area (Å²) in [5.74, 6) is -0.0267. The van der Waals surface area contributed by atoms with Gasteiger partial charge in [-0.1, -0.05) is 12.1 Å². The smallest absolute Gasteiger partial charge is 0.308 e. The van der Waals surface area contributed by atoms with Crippen LogP contribution >= 0.6 is 0 Å². The number of nitrogens with zero attached hydrogens (tertiary/aromatic N) is 6. The number of carbonyl (C=O) groups is 1. The molecule has 4 aromatic rings. The number of halogens is 3. The molecule has 3 heterocycles. The SMILES string of the molecule is N#Cc1ncncc1-c1ccc(C[n+]2cc(NC(=O)Nc3cccc(C(F)(F)F)c3)on2)nc1. The van der Waals surface area contributed by atoms with Gasteiger partial charge in [-0.2, -0.15) is 18.4 Å². The van der Waals surface area contributed by atoms with Gasteiger partial charge >= 0.3 is 18.1 Å². The van der Waals surface area contributed by atoms with Crippen LogP contribution in [0.15, 0.2) is 65.8 Å². The molecule has 10 nitrogen and oxygen atoms in total. The van der Waals surface area contributed by atoms with E-state index in [1.54, 1.807) is 18.3 Å². The first-order valence-electron chi connectivity index (χ1n) is 9.59. The molecule has 4 rings (SSSR count). The van der Waals surface area contributed by atoms with E-state index in [0.29, 0.717) is 16.8 Å². The Kier molecular flexibility index (Phi) is 6.13. The number of pyridine rings is 1. The molecule has 0 spiro atoms. The molecule has 0 saturated carbocycles. The van der Waals surface area contributed by atoms with Gasteiger partial charge in [-0.15, -0.1) is 0 Å². The summed E-state index contributed by atoms with van der Waals surface area (Å²) in [4.78, 5) is 24.2. The number of aromatic nitrogens is 5. The average Bonchev–Trinajstić information content (AvgIpc) is 3.25. The van der Waals surface area contributed by atoms with Crippen molar-refractivity contribution < 1.29 is 27.2 Å². The average molecular weight is 467 g/mol. The summed E-state index contributed by atoms with van der Waals surface area (Å²) in [5.41, 5.74) is 1.14. The monoisotopic (exact) mass is 467 g/mol. The molecule has 0 radical (unpaired) electrons. The fourth-order valence-electron chi connectivity index (χ4n) is 2.93. The second kappa shape index (κ2) is 9.33. The summed E-state index contributed by atoms with van der Waals surface area (Å²) >= 11 is 0. The molecule has 0 aliphatic rings. The second-order valence-corrected chi connectivity index (χ2v) is 6.86. The van der Waals surface area contributed by atoms with Crippen molar-refractivity contribution in [2.45, 2.75) is 12.7 Å². The molecule has 170 valence electrons. The molecule has 2 N–H and O–H groups in total. The third-order valence-electron chi connectivity index (χ3n) is 4.47. The second-order valence-electron chi connectivity index (χ2n) is 6.86.